The van der Waals surface area contributed by atoms with Gasteiger partial charge in [-0.1, -0.05) is 35.3 Å². The number of amides is 1. The molecule has 2 atom stereocenters. The number of hydrogen-bond acceptors (Lipinski definition) is 4. The van der Waals surface area contributed by atoms with E-state index in [4.69, 9.17) is 27.9 Å². The average Bonchev–Trinajstić information content (AvgIpc) is 3.31. The van der Waals surface area contributed by atoms with Crippen molar-refractivity contribution in [2.45, 2.75) is 51.8 Å². The van der Waals surface area contributed by atoms with Crippen LogP contribution in [0.5, 0.6) is 0 Å². The molecular formula is C26H30Cl2N2O3. The quantitative estimate of drug-likeness (QED) is 0.540. The lowest BCUT2D eigenvalue weighted by Crippen LogP contribution is -2.55. The molecule has 5 nitrogen and oxygen atoms in total. The summed E-state index contributed by atoms with van der Waals surface area (Å²) in [7, 11) is 0. The molecule has 0 unspecified atom stereocenters. The fourth-order valence-electron chi connectivity index (χ4n) is 4.78. The summed E-state index contributed by atoms with van der Waals surface area (Å²) in [6, 6.07) is 11.0. The van der Waals surface area contributed by atoms with Gasteiger partial charge in [0, 0.05) is 60.9 Å². The van der Waals surface area contributed by atoms with E-state index in [2.05, 4.69) is 11.8 Å². The van der Waals surface area contributed by atoms with Crippen LogP contribution in [0.3, 0.4) is 0 Å². The van der Waals surface area contributed by atoms with Crippen LogP contribution in [0.15, 0.2) is 36.4 Å². The number of ketones is 1. The largest absolute Gasteiger partial charge is 0.368 e. The minimum atomic E-state index is -0.270. The van der Waals surface area contributed by atoms with Gasteiger partial charge in [0.25, 0.3) is 5.91 Å². The standard InChI is InChI=1S/C26H30Cl2N2O3/c1-17-15-29(8-9-30(17)26(32)25-7-4-10-33-25)16-21-13-23(28)12-20(18(21)2)14-24(31)19-5-3-6-22(27)11-19/h3,5-6,11-13,17,25H,4,7-10,14-16H2,1-2H3/t17-,25+/m0/s1. The van der Waals surface area contributed by atoms with E-state index in [1.54, 1.807) is 24.3 Å². The Hall–Kier alpha value is -1.92. The van der Waals surface area contributed by atoms with Gasteiger partial charge < -0.3 is 9.64 Å². The normalized spacial score (nSPS) is 21.4. The van der Waals surface area contributed by atoms with E-state index in [-0.39, 0.29) is 30.3 Å². The highest BCUT2D eigenvalue weighted by molar-refractivity contribution is 6.31. The van der Waals surface area contributed by atoms with Crippen molar-refractivity contribution < 1.29 is 14.3 Å². The molecule has 2 heterocycles. The maximum Gasteiger partial charge on any atom is 0.252 e. The fraction of sp³-hybridized carbons (Fsp3) is 0.462. The molecule has 1 amide bonds. The lowest BCUT2D eigenvalue weighted by molar-refractivity contribution is -0.145. The third kappa shape index (κ3) is 5.78. The van der Waals surface area contributed by atoms with Crippen LogP contribution in [0.4, 0.5) is 0 Å². The summed E-state index contributed by atoms with van der Waals surface area (Å²) in [4.78, 5) is 29.9. The molecule has 0 radical (unpaired) electrons. The van der Waals surface area contributed by atoms with E-state index >= 15 is 0 Å². The number of hydrogen-bond donors (Lipinski definition) is 0. The number of Topliss-reactive ketones (excluding diaryl/α,β-unsaturated/α-hetero) is 1. The molecule has 0 aliphatic carbocycles. The van der Waals surface area contributed by atoms with E-state index < -0.39 is 0 Å². The van der Waals surface area contributed by atoms with Crippen LogP contribution in [-0.4, -0.2) is 59.9 Å². The first-order chi connectivity index (χ1) is 15.8. The molecular weight excluding hydrogens is 459 g/mol. The molecule has 2 aliphatic heterocycles. The number of halogens is 2. The first kappa shape index (κ1) is 24.2. The van der Waals surface area contributed by atoms with Gasteiger partial charge in [-0.25, -0.2) is 0 Å². The average molecular weight is 489 g/mol. The number of rotatable bonds is 6. The van der Waals surface area contributed by atoms with Crippen LogP contribution in [0.25, 0.3) is 0 Å². The molecule has 2 aliphatic rings. The van der Waals surface area contributed by atoms with Crippen LogP contribution in [0.1, 0.15) is 46.8 Å². The first-order valence-corrected chi connectivity index (χ1v) is 12.3. The van der Waals surface area contributed by atoms with E-state index in [0.717, 1.165) is 49.2 Å². The zero-order chi connectivity index (χ0) is 23.5. The van der Waals surface area contributed by atoms with Crippen LogP contribution >= 0.6 is 23.2 Å². The van der Waals surface area contributed by atoms with Gasteiger partial charge in [-0.15, -0.1) is 0 Å². The summed E-state index contributed by atoms with van der Waals surface area (Å²) in [6.45, 7) is 7.84. The zero-order valence-corrected chi connectivity index (χ0v) is 20.7. The number of benzene rings is 2. The Kier molecular flexibility index (Phi) is 7.75. The minimum Gasteiger partial charge on any atom is -0.368 e. The van der Waals surface area contributed by atoms with Gasteiger partial charge in [0.05, 0.1) is 0 Å². The number of ether oxygens (including phenoxy) is 1. The molecule has 2 saturated heterocycles. The molecule has 0 bridgehead atoms. The van der Waals surface area contributed by atoms with Crippen LogP contribution in [0, 0.1) is 6.92 Å². The van der Waals surface area contributed by atoms with Gasteiger partial charge in [0.2, 0.25) is 0 Å². The highest BCUT2D eigenvalue weighted by Gasteiger charge is 2.34. The highest BCUT2D eigenvalue weighted by Crippen LogP contribution is 2.26. The molecule has 0 spiro atoms. The third-order valence-electron chi connectivity index (χ3n) is 6.68. The molecule has 2 fully saturated rings. The summed E-state index contributed by atoms with van der Waals surface area (Å²) in [5, 5.41) is 1.18. The Labute approximate surface area is 205 Å². The molecule has 2 aromatic rings. The molecule has 7 heteroatoms. The molecule has 176 valence electrons. The van der Waals surface area contributed by atoms with Crippen LogP contribution < -0.4 is 0 Å². The SMILES string of the molecule is Cc1c(CC(=O)c2cccc(Cl)c2)cc(Cl)cc1CN1CCN(C(=O)[C@H]2CCCO2)[C@@H](C)C1. The smallest absolute Gasteiger partial charge is 0.252 e. The van der Waals surface area contributed by atoms with Gasteiger partial charge >= 0.3 is 0 Å². The molecule has 0 aromatic heterocycles. The van der Waals surface area contributed by atoms with Gasteiger partial charge in [-0.2, -0.15) is 0 Å². The van der Waals surface area contributed by atoms with Gasteiger partial charge in [-0.05, 0) is 67.6 Å². The molecule has 4 rings (SSSR count). The van der Waals surface area contributed by atoms with Gasteiger partial charge in [-0.3, -0.25) is 14.5 Å². The molecule has 0 N–H and O–H groups in total. The third-order valence-corrected chi connectivity index (χ3v) is 7.13. The maximum atomic E-state index is 12.8. The topological polar surface area (TPSA) is 49.9 Å². The zero-order valence-electron chi connectivity index (χ0n) is 19.2. The monoisotopic (exact) mass is 488 g/mol. The second-order valence-electron chi connectivity index (χ2n) is 9.08. The first-order valence-electron chi connectivity index (χ1n) is 11.5. The summed E-state index contributed by atoms with van der Waals surface area (Å²) >= 11 is 12.5. The van der Waals surface area contributed by atoms with Crippen molar-refractivity contribution in [2.24, 2.45) is 0 Å². The Morgan fingerprint density at radius 1 is 1.09 bits per heavy atom. The fourth-order valence-corrected chi connectivity index (χ4v) is 5.24. The van der Waals surface area contributed by atoms with Crippen molar-refractivity contribution in [3.05, 3.63) is 68.7 Å². The lowest BCUT2D eigenvalue weighted by atomic mass is 9.95. The Balaban J connectivity index is 1.43. The molecule has 2 aromatic carbocycles. The van der Waals surface area contributed by atoms with Gasteiger partial charge in [0.1, 0.15) is 6.10 Å². The van der Waals surface area contributed by atoms with Crippen molar-refractivity contribution >= 4 is 34.9 Å². The van der Waals surface area contributed by atoms with Crippen molar-refractivity contribution in [1.29, 1.82) is 0 Å². The lowest BCUT2D eigenvalue weighted by Gasteiger charge is -2.41. The molecule has 33 heavy (non-hydrogen) atoms. The van der Waals surface area contributed by atoms with E-state index in [1.807, 2.05) is 24.0 Å². The van der Waals surface area contributed by atoms with Gasteiger partial charge in [0.15, 0.2) is 5.78 Å². The Bertz CT molecular complexity index is 1040. The predicted octanol–water partition coefficient (Wildman–Crippen LogP) is 4.94. The summed E-state index contributed by atoms with van der Waals surface area (Å²) < 4.78 is 5.60. The second kappa shape index (κ2) is 10.6. The van der Waals surface area contributed by atoms with Crippen molar-refractivity contribution in [3.63, 3.8) is 0 Å². The Morgan fingerprint density at radius 2 is 1.88 bits per heavy atom. The minimum absolute atomic E-state index is 0.0173. The van der Waals surface area contributed by atoms with Crippen molar-refractivity contribution in [3.8, 4) is 0 Å². The second-order valence-corrected chi connectivity index (χ2v) is 9.95. The van der Waals surface area contributed by atoms with Crippen molar-refractivity contribution in [1.82, 2.24) is 9.80 Å². The van der Waals surface area contributed by atoms with E-state index in [0.29, 0.717) is 28.8 Å². The number of nitrogens with zero attached hydrogens (tertiary/aromatic N) is 2. The Morgan fingerprint density at radius 3 is 2.58 bits per heavy atom. The predicted molar refractivity (Wildman–Crippen MR) is 131 cm³/mol. The van der Waals surface area contributed by atoms with Crippen molar-refractivity contribution in [2.75, 3.05) is 26.2 Å². The number of piperazine rings is 1. The number of carbonyl (C=O) groups excluding carboxylic acids is 2. The van der Waals surface area contributed by atoms with Crippen LogP contribution in [-0.2, 0) is 22.5 Å². The van der Waals surface area contributed by atoms with Crippen LogP contribution in [0.2, 0.25) is 10.0 Å². The molecule has 0 saturated carbocycles. The summed E-state index contributed by atoms with van der Waals surface area (Å²) in [5.74, 6) is 0.143. The summed E-state index contributed by atoms with van der Waals surface area (Å²) in [5.41, 5.74) is 3.73. The highest BCUT2D eigenvalue weighted by atomic mass is 35.5. The van der Waals surface area contributed by atoms with E-state index in [9.17, 15) is 9.59 Å². The maximum absolute atomic E-state index is 12.8. The number of carbonyl (C=O) groups is 2. The summed E-state index contributed by atoms with van der Waals surface area (Å²) in [6.07, 6.45) is 1.79. The van der Waals surface area contributed by atoms with E-state index in [1.165, 1.54) is 0 Å².